The third-order valence-electron chi connectivity index (χ3n) is 3.28. The Labute approximate surface area is 121 Å². The molecule has 0 radical (unpaired) electrons. The highest BCUT2D eigenvalue weighted by Gasteiger charge is 2.40. The molecule has 1 aliphatic heterocycles. The second-order valence-electron chi connectivity index (χ2n) is 4.81. The van der Waals surface area contributed by atoms with Gasteiger partial charge in [-0.3, -0.25) is 9.36 Å². The minimum absolute atomic E-state index is 0.241. The van der Waals surface area contributed by atoms with E-state index in [0.29, 0.717) is 13.0 Å². The van der Waals surface area contributed by atoms with Crippen molar-refractivity contribution < 1.29 is 23.1 Å². The molecule has 5 nitrogen and oxygen atoms in total. The number of hydrogen-bond donors (Lipinski definition) is 0. The van der Waals surface area contributed by atoms with E-state index >= 15 is 0 Å². The zero-order valence-electron chi connectivity index (χ0n) is 12.4. The molecule has 0 spiro atoms. The molecule has 20 heavy (non-hydrogen) atoms. The van der Waals surface area contributed by atoms with E-state index in [-0.39, 0.29) is 24.5 Å². The van der Waals surface area contributed by atoms with E-state index in [9.17, 15) is 9.36 Å². The minimum atomic E-state index is -3.35. The van der Waals surface area contributed by atoms with E-state index in [2.05, 4.69) is 13.5 Å². The first-order chi connectivity index (χ1) is 9.55. The first-order valence-electron chi connectivity index (χ1n) is 7.30. The normalized spacial score (nSPS) is 18.7. The number of carbonyl (C=O) groups is 1. The van der Waals surface area contributed by atoms with Gasteiger partial charge in [0.15, 0.2) is 0 Å². The molecule has 0 amide bonds. The zero-order valence-corrected chi connectivity index (χ0v) is 13.3. The van der Waals surface area contributed by atoms with Crippen LogP contribution in [-0.4, -0.2) is 25.8 Å². The lowest BCUT2D eigenvalue weighted by molar-refractivity contribution is -0.146. The van der Waals surface area contributed by atoms with Crippen molar-refractivity contribution in [2.75, 3.05) is 19.8 Å². The van der Waals surface area contributed by atoms with Gasteiger partial charge in [0, 0.05) is 5.31 Å². The minimum Gasteiger partial charge on any atom is -0.466 e. The second kappa shape index (κ2) is 8.60. The standard InChI is InChI=1S/C14H25O5P/c1-4-6-7-8-9-13(14(15)17-5-2)12(3)20(16)18-10-11-19-20/h13H,3-11H2,1-2H3. The summed E-state index contributed by atoms with van der Waals surface area (Å²) in [5.41, 5.74) is 0. The van der Waals surface area contributed by atoms with E-state index in [1.54, 1.807) is 6.92 Å². The van der Waals surface area contributed by atoms with Crippen molar-refractivity contribution in [1.29, 1.82) is 0 Å². The Morgan fingerprint density at radius 1 is 1.25 bits per heavy atom. The van der Waals surface area contributed by atoms with Crippen LogP contribution in [0.1, 0.15) is 46.0 Å². The summed E-state index contributed by atoms with van der Waals surface area (Å²) < 4.78 is 27.8. The lowest BCUT2D eigenvalue weighted by Gasteiger charge is -2.21. The summed E-state index contributed by atoms with van der Waals surface area (Å²) in [5.74, 6) is -0.987. The van der Waals surface area contributed by atoms with E-state index in [4.69, 9.17) is 13.8 Å². The van der Waals surface area contributed by atoms with E-state index in [0.717, 1.165) is 25.7 Å². The van der Waals surface area contributed by atoms with Crippen LogP contribution in [0.15, 0.2) is 11.9 Å². The Balaban J connectivity index is 2.68. The molecule has 1 aliphatic rings. The lowest BCUT2D eigenvalue weighted by atomic mass is 10.0. The maximum absolute atomic E-state index is 12.4. The van der Waals surface area contributed by atoms with Crippen molar-refractivity contribution in [1.82, 2.24) is 0 Å². The molecule has 0 aliphatic carbocycles. The van der Waals surface area contributed by atoms with Crippen molar-refractivity contribution in [3.05, 3.63) is 11.9 Å². The summed E-state index contributed by atoms with van der Waals surface area (Å²) in [7, 11) is -3.35. The van der Waals surface area contributed by atoms with Crippen LogP contribution < -0.4 is 0 Å². The smallest absolute Gasteiger partial charge is 0.357 e. The fraction of sp³-hybridized carbons (Fsp3) is 0.786. The topological polar surface area (TPSA) is 61.8 Å². The van der Waals surface area contributed by atoms with Crippen molar-refractivity contribution in [2.45, 2.75) is 46.0 Å². The summed E-state index contributed by atoms with van der Waals surface area (Å²) in [5, 5.41) is 0.241. The lowest BCUT2D eigenvalue weighted by Crippen LogP contribution is -2.20. The highest BCUT2D eigenvalue weighted by atomic mass is 31.2. The maximum atomic E-state index is 12.4. The first kappa shape index (κ1) is 17.4. The highest BCUT2D eigenvalue weighted by molar-refractivity contribution is 7.58. The number of carbonyl (C=O) groups excluding carboxylic acids is 1. The van der Waals surface area contributed by atoms with E-state index in [1.807, 2.05) is 0 Å². The van der Waals surface area contributed by atoms with Gasteiger partial charge in [-0.15, -0.1) is 0 Å². The van der Waals surface area contributed by atoms with Crippen LogP contribution in [-0.2, 0) is 23.1 Å². The summed E-state index contributed by atoms with van der Waals surface area (Å²) >= 11 is 0. The number of esters is 1. The molecule has 1 saturated heterocycles. The van der Waals surface area contributed by atoms with Crippen LogP contribution in [0, 0.1) is 5.92 Å². The molecule has 6 heteroatoms. The Morgan fingerprint density at radius 3 is 2.45 bits per heavy atom. The Hall–Kier alpha value is -0.640. The molecule has 0 bridgehead atoms. The van der Waals surface area contributed by atoms with Gasteiger partial charge in [-0.25, -0.2) is 0 Å². The van der Waals surface area contributed by atoms with Gasteiger partial charge in [0.25, 0.3) is 0 Å². The van der Waals surface area contributed by atoms with Gasteiger partial charge in [-0.2, -0.15) is 0 Å². The SMILES string of the molecule is C=C(C(CCCCCC)C(=O)OCC)P1(=O)OCCO1. The number of hydrogen-bond acceptors (Lipinski definition) is 5. The fourth-order valence-corrected chi connectivity index (χ4v) is 3.80. The monoisotopic (exact) mass is 304 g/mol. The summed E-state index contributed by atoms with van der Waals surface area (Å²) in [4.78, 5) is 12.0. The predicted molar refractivity (Wildman–Crippen MR) is 77.5 cm³/mol. The zero-order chi connectivity index (χ0) is 15.0. The van der Waals surface area contributed by atoms with Crippen molar-refractivity contribution >= 4 is 13.6 Å². The third kappa shape index (κ3) is 4.72. The number of rotatable bonds is 9. The quantitative estimate of drug-likeness (QED) is 0.367. The molecule has 0 aromatic carbocycles. The third-order valence-corrected chi connectivity index (χ3v) is 5.34. The van der Waals surface area contributed by atoms with Gasteiger partial charge in [-0.05, 0) is 13.3 Å². The van der Waals surface area contributed by atoms with E-state index < -0.39 is 13.5 Å². The van der Waals surface area contributed by atoms with Crippen LogP contribution in [0.3, 0.4) is 0 Å². The average Bonchev–Trinajstić information content (AvgIpc) is 2.86. The molecule has 116 valence electrons. The second-order valence-corrected chi connectivity index (χ2v) is 6.89. The van der Waals surface area contributed by atoms with Gasteiger partial charge in [0.2, 0.25) is 0 Å². The Bertz CT molecular complexity index is 370. The molecular formula is C14H25O5P. The van der Waals surface area contributed by atoms with Crippen molar-refractivity contribution in [3.63, 3.8) is 0 Å². The Morgan fingerprint density at radius 2 is 1.90 bits per heavy atom. The molecule has 0 aromatic heterocycles. The maximum Gasteiger partial charge on any atom is 0.357 e. The molecule has 1 fully saturated rings. The summed E-state index contributed by atoms with van der Waals surface area (Å²) in [6.07, 6.45) is 4.72. The van der Waals surface area contributed by atoms with Crippen molar-refractivity contribution in [2.24, 2.45) is 5.92 Å². The highest BCUT2D eigenvalue weighted by Crippen LogP contribution is 2.61. The van der Waals surface area contributed by atoms with Gasteiger partial charge in [0.1, 0.15) is 0 Å². The molecule has 0 aromatic rings. The van der Waals surface area contributed by atoms with E-state index in [1.165, 1.54) is 0 Å². The van der Waals surface area contributed by atoms with Gasteiger partial charge in [0.05, 0.1) is 25.7 Å². The number of unbranched alkanes of at least 4 members (excludes halogenated alkanes) is 3. The van der Waals surface area contributed by atoms with Gasteiger partial charge in [-0.1, -0.05) is 39.2 Å². The molecule has 0 N–H and O–H groups in total. The number of ether oxygens (including phenoxy) is 1. The molecule has 1 rings (SSSR count). The predicted octanol–water partition coefficient (Wildman–Crippen LogP) is 3.89. The average molecular weight is 304 g/mol. The first-order valence-corrected chi connectivity index (χ1v) is 8.84. The van der Waals surface area contributed by atoms with Gasteiger partial charge < -0.3 is 13.8 Å². The largest absolute Gasteiger partial charge is 0.466 e. The van der Waals surface area contributed by atoms with Crippen LogP contribution in [0.5, 0.6) is 0 Å². The molecular weight excluding hydrogens is 279 g/mol. The molecule has 1 atom stereocenters. The summed E-state index contributed by atoms with van der Waals surface area (Å²) in [6, 6.07) is 0. The Kier molecular flexibility index (Phi) is 7.49. The molecule has 1 unspecified atom stereocenters. The van der Waals surface area contributed by atoms with Crippen molar-refractivity contribution in [3.8, 4) is 0 Å². The van der Waals surface area contributed by atoms with Crippen LogP contribution in [0.25, 0.3) is 0 Å². The van der Waals surface area contributed by atoms with Crippen LogP contribution in [0.2, 0.25) is 0 Å². The summed E-state index contributed by atoms with van der Waals surface area (Å²) in [6.45, 7) is 8.53. The van der Waals surface area contributed by atoms with Crippen LogP contribution >= 0.6 is 7.60 Å². The fourth-order valence-electron chi connectivity index (χ4n) is 2.15. The van der Waals surface area contributed by atoms with Gasteiger partial charge >= 0.3 is 13.6 Å². The van der Waals surface area contributed by atoms with Crippen LogP contribution in [0.4, 0.5) is 0 Å². The molecule has 0 saturated carbocycles. The molecule has 1 heterocycles.